The zero-order valence-electron chi connectivity index (χ0n) is 9.32. The first-order valence-corrected chi connectivity index (χ1v) is 5.99. The van der Waals surface area contributed by atoms with Crippen molar-refractivity contribution >= 4 is 10.9 Å². The number of piperidine rings is 1. The molecule has 2 heterocycles. The summed E-state index contributed by atoms with van der Waals surface area (Å²) >= 11 is 0. The minimum atomic E-state index is 0.654. The van der Waals surface area contributed by atoms with Crippen molar-refractivity contribution in [2.75, 3.05) is 13.1 Å². The molecule has 3 rings (SSSR count). The number of hydrogen-bond acceptors (Lipinski definition) is 2. The van der Waals surface area contributed by atoms with Gasteiger partial charge in [-0.1, -0.05) is 18.2 Å². The molecule has 0 spiro atoms. The summed E-state index contributed by atoms with van der Waals surface area (Å²) in [6.07, 6.45) is 4.51. The predicted molar refractivity (Wildman–Crippen MR) is 66.6 cm³/mol. The van der Waals surface area contributed by atoms with Crippen molar-refractivity contribution < 1.29 is 0 Å². The maximum Gasteiger partial charge on any atom is 0.0704 e. The van der Waals surface area contributed by atoms with Gasteiger partial charge in [-0.2, -0.15) is 0 Å². The Hall–Kier alpha value is -1.41. The number of nitrogens with zero attached hydrogens (tertiary/aromatic N) is 1. The largest absolute Gasteiger partial charge is 0.316 e. The van der Waals surface area contributed by atoms with Gasteiger partial charge >= 0.3 is 0 Å². The molecule has 1 saturated heterocycles. The van der Waals surface area contributed by atoms with Crippen molar-refractivity contribution in [1.82, 2.24) is 10.3 Å². The van der Waals surface area contributed by atoms with E-state index in [0.29, 0.717) is 5.92 Å². The quantitative estimate of drug-likeness (QED) is 0.786. The summed E-state index contributed by atoms with van der Waals surface area (Å²) < 4.78 is 0. The molecule has 1 aromatic heterocycles. The lowest BCUT2D eigenvalue weighted by atomic mass is 9.89. The molecule has 2 heteroatoms. The highest BCUT2D eigenvalue weighted by molar-refractivity contribution is 5.82. The molecule has 0 aliphatic carbocycles. The Balaban J connectivity index is 2.08. The Morgan fingerprint density at radius 2 is 2.12 bits per heavy atom. The van der Waals surface area contributed by atoms with Gasteiger partial charge in [0.15, 0.2) is 0 Å². The fraction of sp³-hybridized carbons (Fsp3) is 0.357. The highest BCUT2D eigenvalue weighted by atomic mass is 14.9. The number of nitrogens with one attached hydrogen (secondary N) is 1. The van der Waals surface area contributed by atoms with Crippen molar-refractivity contribution in [2.45, 2.75) is 18.8 Å². The van der Waals surface area contributed by atoms with Gasteiger partial charge in [0.2, 0.25) is 0 Å². The maximum atomic E-state index is 4.42. The summed E-state index contributed by atoms with van der Waals surface area (Å²) in [5, 5.41) is 4.80. The first-order chi connectivity index (χ1) is 7.95. The topological polar surface area (TPSA) is 24.9 Å². The van der Waals surface area contributed by atoms with E-state index < -0.39 is 0 Å². The third-order valence-corrected chi connectivity index (χ3v) is 3.42. The summed E-state index contributed by atoms with van der Waals surface area (Å²) in [6, 6.07) is 10.6. The summed E-state index contributed by atoms with van der Waals surface area (Å²) in [6.45, 7) is 2.27. The first-order valence-electron chi connectivity index (χ1n) is 5.99. The van der Waals surface area contributed by atoms with Crippen LogP contribution in [0.4, 0.5) is 0 Å². The van der Waals surface area contributed by atoms with E-state index in [9.17, 15) is 0 Å². The fourth-order valence-electron chi connectivity index (χ4n) is 2.59. The van der Waals surface area contributed by atoms with Crippen LogP contribution in [-0.2, 0) is 0 Å². The SMILES string of the molecule is c1ccc2c([C@@H]3CCCNC3)ccnc2c1. The molecule has 82 valence electrons. The van der Waals surface area contributed by atoms with Crippen LogP contribution in [0, 0.1) is 0 Å². The van der Waals surface area contributed by atoms with Gasteiger partial charge in [-0.05, 0) is 43.0 Å². The van der Waals surface area contributed by atoms with Gasteiger partial charge in [0, 0.05) is 18.1 Å². The van der Waals surface area contributed by atoms with E-state index >= 15 is 0 Å². The smallest absolute Gasteiger partial charge is 0.0704 e. The average molecular weight is 212 g/mol. The van der Waals surface area contributed by atoms with Crippen LogP contribution in [-0.4, -0.2) is 18.1 Å². The van der Waals surface area contributed by atoms with Crippen LogP contribution >= 0.6 is 0 Å². The van der Waals surface area contributed by atoms with Crippen LogP contribution in [0.5, 0.6) is 0 Å². The number of rotatable bonds is 1. The minimum Gasteiger partial charge on any atom is -0.316 e. The van der Waals surface area contributed by atoms with E-state index in [0.717, 1.165) is 12.1 Å². The lowest BCUT2D eigenvalue weighted by molar-refractivity contribution is 0.463. The van der Waals surface area contributed by atoms with Gasteiger partial charge in [-0.3, -0.25) is 4.98 Å². The third kappa shape index (κ3) is 1.69. The maximum absolute atomic E-state index is 4.42. The third-order valence-electron chi connectivity index (χ3n) is 3.42. The van der Waals surface area contributed by atoms with Crippen molar-refractivity contribution in [3.63, 3.8) is 0 Å². The Morgan fingerprint density at radius 3 is 3.00 bits per heavy atom. The summed E-state index contributed by atoms with van der Waals surface area (Å²) in [4.78, 5) is 4.42. The lowest BCUT2D eigenvalue weighted by Crippen LogP contribution is -2.28. The van der Waals surface area contributed by atoms with Gasteiger partial charge in [-0.25, -0.2) is 0 Å². The molecule has 2 nitrogen and oxygen atoms in total. The van der Waals surface area contributed by atoms with Crippen LogP contribution in [0.3, 0.4) is 0 Å². The van der Waals surface area contributed by atoms with E-state index in [2.05, 4.69) is 40.6 Å². The molecule has 1 atom stereocenters. The Labute approximate surface area is 95.7 Å². The fourth-order valence-corrected chi connectivity index (χ4v) is 2.59. The lowest BCUT2D eigenvalue weighted by Gasteiger charge is -2.24. The second-order valence-electron chi connectivity index (χ2n) is 4.46. The molecule has 0 saturated carbocycles. The highest BCUT2D eigenvalue weighted by Crippen LogP contribution is 2.28. The average Bonchev–Trinajstić information content (AvgIpc) is 2.39. The molecular weight excluding hydrogens is 196 g/mol. The van der Waals surface area contributed by atoms with Crippen molar-refractivity contribution in [3.05, 3.63) is 42.1 Å². The van der Waals surface area contributed by atoms with Gasteiger partial charge in [0.25, 0.3) is 0 Å². The van der Waals surface area contributed by atoms with Crippen LogP contribution in [0.2, 0.25) is 0 Å². The normalized spacial score (nSPS) is 21.1. The predicted octanol–water partition coefficient (Wildman–Crippen LogP) is 2.70. The van der Waals surface area contributed by atoms with Crippen LogP contribution < -0.4 is 5.32 Å². The summed E-state index contributed by atoms with van der Waals surface area (Å²) in [5.74, 6) is 0.654. The molecule has 0 radical (unpaired) electrons. The number of para-hydroxylation sites is 1. The molecule has 1 aliphatic heterocycles. The number of aromatic nitrogens is 1. The first kappa shape index (κ1) is 9.79. The van der Waals surface area contributed by atoms with Crippen molar-refractivity contribution in [1.29, 1.82) is 0 Å². The van der Waals surface area contributed by atoms with Crippen LogP contribution in [0.25, 0.3) is 10.9 Å². The number of pyridine rings is 1. The molecule has 1 fully saturated rings. The van der Waals surface area contributed by atoms with Crippen LogP contribution in [0.15, 0.2) is 36.5 Å². The Bertz CT molecular complexity index is 482. The molecule has 2 aromatic rings. The van der Waals surface area contributed by atoms with Crippen molar-refractivity contribution in [2.24, 2.45) is 0 Å². The standard InChI is InChI=1S/C14H16N2/c1-2-6-14-13(5-1)12(7-9-16-14)11-4-3-8-15-10-11/h1-2,5-7,9,11,15H,3-4,8,10H2/t11-/m1/s1. The van der Waals surface area contributed by atoms with E-state index in [1.165, 1.54) is 30.3 Å². The van der Waals surface area contributed by atoms with E-state index in [-0.39, 0.29) is 0 Å². The molecule has 1 aromatic carbocycles. The van der Waals surface area contributed by atoms with Crippen LogP contribution in [0.1, 0.15) is 24.3 Å². The van der Waals surface area contributed by atoms with Gasteiger partial charge in [0.1, 0.15) is 0 Å². The van der Waals surface area contributed by atoms with Gasteiger partial charge in [0.05, 0.1) is 5.52 Å². The molecule has 1 aliphatic rings. The molecule has 0 amide bonds. The molecule has 1 N–H and O–H groups in total. The van der Waals surface area contributed by atoms with E-state index in [4.69, 9.17) is 0 Å². The molecule has 0 bridgehead atoms. The number of fused-ring (bicyclic) bond motifs is 1. The Morgan fingerprint density at radius 1 is 1.19 bits per heavy atom. The zero-order chi connectivity index (χ0) is 10.8. The molecule has 0 unspecified atom stereocenters. The van der Waals surface area contributed by atoms with Crippen molar-refractivity contribution in [3.8, 4) is 0 Å². The summed E-state index contributed by atoms with van der Waals surface area (Å²) in [5.41, 5.74) is 2.57. The molecular formula is C14H16N2. The van der Waals surface area contributed by atoms with E-state index in [1.807, 2.05) is 6.20 Å². The highest BCUT2D eigenvalue weighted by Gasteiger charge is 2.16. The minimum absolute atomic E-state index is 0.654. The van der Waals surface area contributed by atoms with Gasteiger partial charge in [-0.15, -0.1) is 0 Å². The summed E-state index contributed by atoms with van der Waals surface area (Å²) in [7, 11) is 0. The monoisotopic (exact) mass is 212 g/mol. The second-order valence-corrected chi connectivity index (χ2v) is 4.46. The Kier molecular flexibility index (Phi) is 2.58. The second kappa shape index (κ2) is 4.22. The zero-order valence-corrected chi connectivity index (χ0v) is 9.32. The number of hydrogen-bond donors (Lipinski definition) is 1. The van der Waals surface area contributed by atoms with Gasteiger partial charge < -0.3 is 5.32 Å². The molecule has 16 heavy (non-hydrogen) atoms. The van der Waals surface area contributed by atoms with E-state index in [1.54, 1.807) is 0 Å². The number of benzene rings is 1.